The van der Waals surface area contributed by atoms with Gasteiger partial charge in [0.25, 0.3) is 0 Å². The standard InChI is InChI=1S/C11H15F2N3O2/c1-16-7-8(5-15-16)2-3-14-6-9-4-11(12,13)10(17)18-9/h5,7,9,14H,2-4,6H2,1H3. The van der Waals surface area contributed by atoms with Gasteiger partial charge in [-0.3, -0.25) is 4.68 Å². The van der Waals surface area contributed by atoms with Gasteiger partial charge in [0.2, 0.25) is 0 Å². The van der Waals surface area contributed by atoms with Crippen LogP contribution in [-0.4, -0.2) is 40.9 Å². The Balaban J connectivity index is 1.66. The Labute approximate surface area is 103 Å². The largest absolute Gasteiger partial charge is 0.456 e. The van der Waals surface area contributed by atoms with Gasteiger partial charge in [0.1, 0.15) is 6.10 Å². The first-order valence-electron chi connectivity index (χ1n) is 5.74. The normalized spacial score (nSPS) is 22.2. The molecule has 0 spiro atoms. The van der Waals surface area contributed by atoms with Crippen LogP contribution in [0.4, 0.5) is 8.78 Å². The summed E-state index contributed by atoms with van der Waals surface area (Å²) in [5.41, 5.74) is 1.07. The summed E-state index contributed by atoms with van der Waals surface area (Å²) in [7, 11) is 1.83. The number of halogens is 2. The van der Waals surface area contributed by atoms with E-state index in [0.29, 0.717) is 6.54 Å². The predicted molar refractivity (Wildman–Crippen MR) is 59.2 cm³/mol. The number of ether oxygens (including phenoxy) is 1. The second-order valence-corrected chi connectivity index (χ2v) is 4.41. The van der Waals surface area contributed by atoms with Crippen molar-refractivity contribution in [3.8, 4) is 0 Å². The van der Waals surface area contributed by atoms with Gasteiger partial charge in [0.05, 0.1) is 12.6 Å². The van der Waals surface area contributed by atoms with Crippen molar-refractivity contribution in [1.29, 1.82) is 0 Å². The van der Waals surface area contributed by atoms with Crippen molar-refractivity contribution in [2.45, 2.75) is 24.9 Å². The third-order valence-electron chi connectivity index (χ3n) is 2.78. The van der Waals surface area contributed by atoms with Gasteiger partial charge in [-0.05, 0) is 18.5 Å². The highest BCUT2D eigenvalue weighted by Gasteiger charge is 2.50. The van der Waals surface area contributed by atoms with E-state index in [1.165, 1.54) is 0 Å². The summed E-state index contributed by atoms with van der Waals surface area (Å²) < 4.78 is 32.0. The Morgan fingerprint density at radius 2 is 2.44 bits per heavy atom. The van der Waals surface area contributed by atoms with E-state index in [9.17, 15) is 13.6 Å². The molecule has 0 aliphatic carbocycles. The maximum atomic E-state index is 12.9. The predicted octanol–water partition coefficient (Wildman–Crippen LogP) is 0.503. The molecule has 0 bridgehead atoms. The molecule has 0 radical (unpaired) electrons. The maximum absolute atomic E-state index is 12.9. The van der Waals surface area contributed by atoms with Crippen molar-refractivity contribution in [3.63, 3.8) is 0 Å². The second-order valence-electron chi connectivity index (χ2n) is 4.41. The Kier molecular flexibility index (Phi) is 3.60. The zero-order valence-corrected chi connectivity index (χ0v) is 10.0. The molecule has 1 aliphatic heterocycles. The fraction of sp³-hybridized carbons (Fsp3) is 0.636. The zero-order chi connectivity index (χ0) is 13.2. The number of aryl methyl sites for hydroxylation is 1. The van der Waals surface area contributed by atoms with Crippen LogP contribution in [0.5, 0.6) is 0 Å². The Morgan fingerprint density at radius 1 is 1.67 bits per heavy atom. The van der Waals surface area contributed by atoms with E-state index >= 15 is 0 Å². The fourth-order valence-electron chi connectivity index (χ4n) is 1.86. The molecule has 100 valence electrons. The van der Waals surface area contributed by atoms with Crippen molar-refractivity contribution < 1.29 is 18.3 Å². The lowest BCUT2D eigenvalue weighted by Gasteiger charge is -2.09. The lowest BCUT2D eigenvalue weighted by molar-refractivity contribution is -0.158. The average Bonchev–Trinajstić information content (AvgIpc) is 2.79. The summed E-state index contributed by atoms with van der Waals surface area (Å²) in [5.74, 6) is -4.74. The molecular weight excluding hydrogens is 244 g/mol. The molecule has 2 rings (SSSR count). The van der Waals surface area contributed by atoms with Crippen molar-refractivity contribution in [2.24, 2.45) is 7.05 Å². The molecule has 0 aromatic carbocycles. The molecule has 5 nitrogen and oxygen atoms in total. The van der Waals surface area contributed by atoms with Gasteiger partial charge in [0.15, 0.2) is 0 Å². The number of aromatic nitrogens is 2. The van der Waals surface area contributed by atoms with Gasteiger partial charge >= 0.3 is 11.9 Å². The van der Waals surface area contributed by atoms with E-state index in [4.69, 9.17) is 0 Å². The molecule has 1 aromatic rings. The van der Waals surface area contributed by atoms with Crippen molar-refractivity contribution in [1.82, 2.24) is 15.1 Å². The lowest BCUT2D eigenvalue weighted by Crippen LogP contribution is -2.28. The quantitative estimate of drug-likeness (QED) is 0.618. The molecule has 2 heterocycles. The molecule has 18 heavy (non-hydrogen) atoms. The topological polar surface area (TPSA) is 56.2 Å². The number of hydrogen-bond donors (Lipinski definition) is 1. The average molecular weight is 259 g/mol. The van der Waals surface area contributed by atoms with Crippen LogP contribution < -0.4 is 5.32 Å². The van der Waals surface area contributed by atoms with Gasteiger partial charge in [-0.1, -0.05) is 0 Å². The highest BCUT2D eigenvalue weighted by atomic mass is 19.3. The van der Waals surface area contributed by atoms with E-state index in [-0.39, 0.29) is 6.54 Å². The maximum Gasteiger partial charge on any atom is 0.377 e. The lowest BCUT2D eigenvalue weighted by atomic mass is 10.2. The van der Waals surface area contributed by atoms with Crippen LogP contribution in [0.2, 0.25) is 0 Å². The SMILES string of the molecule is Cn1cc(CCNCC2CC(F)(F)C(=O)O2)cn1. The van der Waals surface area contributed by atoms with Crippen LogP contribution in [-0.2, 0) is 23.0 Å². The fourth-order valence-corrected chi connectivity index (χ4v) is 1.86. The van der Waals surface area contributed by atoms with Gasteiger partial charge in [0, 0.05) is 19.8 Å². The van der Waals surface area contributed by atoms with Crippen LogP contribution in [0.25, 0.3) is 0 Å². The van der Waals surface area contributed by atoms with Gasteiger partial charge in [-0.15, -0.1) is 0 Å². The first-order chi connectivity index (χ1) is 8.47. The number of cyclic esters (lactones) is 1. The monoisotopic (exact) mass is 259 g/mol. The van der Waals surface area contributed by atoms with Crippen molar-refractivity contribution >= 4 is 5.97 Å². The minimum atomic E-state index is -3.32. The number of nitrogens with one attached hydrogen (secondary N) is 1. The summed E-state index contributed by atoms with van der Waals surface area (Å²) in [4.78, 5) is 10.8. The minimum absolute atomic E-state index is 0.252. The first kappa shape index (κ1) is 12.9. The number of esters is 1. The summed E-state index contributed by atoms with van der Waals surface area (Å²) in [6, 6.07) is 0. The second kappa shape index (κ2) is 5.01. The van der Waals surface area contributed by atoms with Crippen molar-refractivity contribution in [2.75, 3.05) is 13.1 Å². The third-order valence-corrected chi connectivity index (χ3v) is 2.78. The summed E-state index contributed by atoms with van der Waals surface area (Å²) in [6.07, 6.45) is 3.13. The molecule has 1 saturated heterocycles. The Morgan fingerprint density at radius 3 is 3.00 bits per heavy atom. The summed E-state index contributed by atoms with van der Waals surface area (Å²) in [5, 5.41) is 7.02. The third kappa shape index (κ3) is 3.04. The molecular formula is C11H15F2N3O2. The molecule has 1 unspecified atom stereocenters. The van der Waals surface area contributed by atoms with E-state index in [0.717, 1.165) is 12.0 Å². The highest BCUT2D eigenvalue weighted by Crippen LogP contribution is 2.30. The van der Waals surface area contributed by atoms with Crippen LogP contribution in [0, 0.1) is 0 Å². The van der Waals surface area contributed by atoms with Crippen LogP contribution in [0.1, 0.15) is 12.0 Å². The zero-order valence-electron chi connectivity index (χ0n) is 10.0. The molecule has 7 heteroatoms. The Bertz CT molecular complexity index is 434. The molecule has 0 amide bonds. The molecule has 1 aliphatic rings. The van der Waals surface area contributed by atoms with E-state index < -0.39 is 24.4 Å². The van der Waals surface area contributed by atoms with Crippen molar-refractivity contribution in [3.05, 3.63) is 18.0 Å². The van der Waals surface area contributed by atoms with Crippen LogP contribution in [0.3, 0.4) is 0 Å². The summed E-state index contributed by atoms with van der Waals surface area (Å²) >= 11 is 0. The van der Waals surface area contributed by atoms with Gasteiger partial charge in [-0.25, -0.2) is 4.79 Å². The molecule has 1 atom stereocenters. The van der Waals surface area contributed by atoms with Gasteiger partial charge in [-0.2, -0.15) is 13.9 Å². The number of hydrogen-bond acceptors (Lipinski definition) is 4. The number of carbonyl (C=O) groups excluding carboxylic acids is 1. The number of carbonyl (C=O) groups is 1. The molecule has 1 fully saturated rings. The van der Waals surface area contributed by atoms with Crippen LogP contribution >= 0.6 is 0 Å². The molecule has 1 aromatic heterocycles. The number of alkyl halides is 2. The van der Waals surface area contributed by atoms with E-state index in [1.54, 1.807) is 10.9 Å². The van der Waals surface area contributed by atoms with E-state index in [2.05, 4.69) is 15.2 Å². The van der Waals surface area contributed by atoms with E-state index in [1.807, 2.05) is 13.2 Å². The number of nitrogens with zero attached hydrogens (tertiary/aromatic N) is 2. The first-order valence-corrected chi connectivity index (χ1v) is 5.74. The van der Waals surface area contributed by atoms with Gasteiger partial charge < -0.3 is 10.1 Å². The molecule has 0 saturated carbocycles. The summed E-state index contributed by atoms with van der Waals surface area (Å²) in [6.45, 7) is 0.882. The minimum Gasteiger partial charge on any atom is -0.456 e. The Hall–Kier alpha value is -1.50. The smallest absolute Gasteiger partial charge is 0.377 e. The molecule has 1 N–H and O–H groups in total. The van der Waals surface area contributed by atoms with Crippen LogP contribution in [0.15, 0.2) is 12.4 Å². The highest BCUT2D eigenvalue weighted by molar-refractivity contribution is 5.79. The number of rotatable bonds is 5.